The average molecular weight is 619 g/mol. The minimum Gasteiger partial charge on any atom is -0.454 e. The van der Waals surface area contributed by atoms with Crippen molar-refractivity contribution in [2.24, 2.45) is 0 Å². The second-order valence-electron chi connectivity index (χ2n) is 11.8. The molecule has 0 unspecified atom stereocenters. The summed E-state index contributed by atoms with van der Waals surface area (Å²) in [7, 11) is 0. The highest BCUT2D eigenvalue weighted by Gasteiger charge is 2.33. The van der Waals surface area contributed by atoms with Crippen molar-refractivity contribution in [3.05, 3.63) is 71.8 Å². The van der Waals surface area contributed by atoms with E-state index >= 15 is 4.39 Å². The number of carbonyl (C=O) groups excluding carboxylic acids is 1. The molecule has 1 amide bonds. The van der Waals surface area contributed by atoms with Gasteiger partial charge >= 0.3 is 0 Å². The predicted molar refractivity (Wildman–Crippen MR) is 162 cm³/mol. The van der Waals surface area contributed by atoms with E-state index in [9.17, 15) is 18.8 Å². The summed E-state index contributed by atoms with van der Waals surface area (Å²) in [4.78, 5) is 23.6. The zero-order chi connectivity index (χ0) is 32.5. The molecule has 0 saturated carbocycles. The summed E-state index contributed by atoms with van der Waals surface area (Å²) in [5, 5.41) is 18.2. The summed E-state index contributed by atoms with van der Waals surface area (Å²) in [6.07, 6.45) is 4.32. The molecular weight excluding hydrogens is 585 g/mol. The molecule has 0 bridgehead atoms. The summed E-state index contributed by atoms with van der Waals surface area (Å²) in [5.74, 6) is -3.77. The van der Waals surface area contributed by atoms with Crippen LogP contribution in [0.15, 0.2) is 54.4 Å². The topological polar surface area (TPSA) is 135 Å². The summed E-state index contributed by atoms with van der Waals surface area (Å²) in [5.41, 5.74) is 6.24. The number of amides is 1. The molecule has 0 aliphatic carbocycles. The number of ether oxygens (including phenoxy) is 1. The average Bonchev–Trinajstić information content (AvgIpc) is 3.59. The molecule has 1 fully saturated rings. The van der Waals surface area contributed by atoms with E-state index in [1.165, 1.54) is 30.6 Å². The summed E-state index contributed by atoms with van der Waals surface area (Å²) >= 11 is 0. The second kappa shape index (κ2) is 12.6. The Morgan fingerprint density at radius 3 is 2.71 bits per heavy atom. The SMILES string of the molecule is CC(C)NC(C)(C)/C=C(/C#N)C(=O)N1CCC[C@H]1Cn1nc(-c2ccc(Oc3cccc(F)c3F)cc2F)c2c(N)ncnc21. The molecule has 2 aromatic carbocycles. The van der Waals surface area contributed by atoms with Crippen molar-refractivity contribution in [3.63, 3.8) is 0 Å². The monoisotopic (exact) mass is 618 g/mol. The number of nitrogens with zero attached hydrogens (tertiary/aromatic N) is 6. The van der Waals surface area contributed by atoms with E-state index in [0.717, 1.165) is 18.6 Å². The van der Waals surface area contributed by atoms with Gasteiger partial charge in [-0.05, 0) is 57.0 Å². The lowest BCUT2D eigenvalue weighted by Crippen LogP contribution is -2.44. The van der Waals surface area contributed by atoms with Crippen molar-refractivity contribution in [1.82, 2.24) is 30.0 Å². The molecule has 13 heteroatoms. The number of nitrogens with one attached hydrogen (secondary N) is 1. The maximum Gasteiger partial charge on any atom is 0.264 e. The van der Waals surface area contributed by atoms with E-state index in [1.54, 1.807) is 15.7 Å². The highest BCUT2D eigenvalue weighted by Crippen LogP contribution is 2.35. The van der Waals surface area contributed by atoms with Gasteiger partial charge in [-0.15, -0.1) is 0 Å². The number of nitrogens with two attached hydrogens (primary N) is 1. The van der Waals surface area contributed by atoms with Gasteiger partial charge in [0.1, 0.15) is 41.0 Å². The first kappa shape index (κ1) is 31.5. The fourth-order valence-electron chi connectivity index (χ4n) is 5.72. The Morgan fingerprint density at radius 2 is 2.00 bits per heavy atom. The van der Waals surface area contributed by atoms with Crippen LogP contribution in [0.3, 0.4) is 0 Å². The third-order valence-corrected chi connectivity index (χ3v) is 7.44. The Balaban J connectivity index is 1.45. The number of hydrogen-bond donors (Lipinski definition) is 2. The number of hydrogen-bond acceptors (Lipinski definition) is 8. The van der Waals surface area contributed by atoms with Crippen molar-refractivity contribution < 1.29 is 22.7 Å². The molecule has 45 heavy (non-hydrogen) atoms. The van der Waals surface area contributed by atoms with Gasteiger partial charge in [0, 0.05) is 29.8 Å². The standard InChI is InChI=1S/C32H33F3N8O2/c1-18(2)40-32(3,4)14-19(15-36)31(44)42-12-6-7-20(42)16-43-30-26(29(37)38-17-39-30)28(41-43)22-11-10-21(13-24(22)34)45-25-9-5-8-23(33)27(25)35/h5,8-11,13-14,17-18,20,40H,6-7,12,16H2,1-4H3,(H2,37,38,39)/b19-14-/t20-/m0/s1. The summed E-state index contributed by atoms with van der Waals surface area (Å²) in [6.45, 7) is 8.46. The van der Waals surface area contributed by atoms with Crippen LogP contribution >= 0.6 is 0 Å². The van der Waals surface area contributed by atoms with Crippen LogP contribution in [0.1, 0.15) is 40.5 Å². The van der Waals surface area contributed by atoms with E-state index in [-0.39, 0.29) is 58.7 Å². The van der Waals surface area contributed by atoms with Crippen LogP contribution in [-0.2, 0) is 11.3 Å². The van der Waals surface area contributed by atoms with Crippen LogP contribution in [0, 0.1) is 28.8 Å². The first-order valence-corrected chi connectivity index (χ1v) is 14.5. The molecule has 10 nitrogen and oxygen atoms in total. The molecule has 5 rings (SSSR count). The Labute approximate surface area is 258 Å². The lowest BCUT2D eigenvalue weighted by Gasteiger charge is -2.28. The Kier molecular flexibility index (Phi) is 8.79. The Hall–Kier alpha value is -4.96. The normalized spacial score (nSPS) is 15.6. The number of anilines is 1. The minimum atomic E-state index is -1.19. The molecule has 0 spiro atoms. The van der Waals surface area contributed by atoms with Crippen LogP contribution in [0.2, 0.25) is 0 Å². The molecule has 1 saturated heterocycles. The van der Waals surface area contributed by atoms with Crippen LogP contribution in [0.4, 0.5) is 19.0 Å². The lowest BCUT2D eigenvalue weighted by atomic mass is 9.99. The fourth-order valence-corrected chi connectivity index (χ4v) is 5.72. The highest BCUT2D eigenvalue weighted by molar-refractivity contribution is 5.99. The molecule has 1 atom stereocenters. The van der Waals surface area contributed by atoms with Crippen LogP contribution < -0.4 is 15.8 Å². The quantitative estimate of drug-likeness (QED) is 0.185. The molecule has 234 valence electrons. The number of likely N-dealkylation sites (tertiary alicyclic amines) is 1. The number of rotatable bonds is 9. The molecule has 2 aromatic heterocycles. The van der Waals surface area contributed by atoms with Gasteiger partial charge in [0.15, 0.2) is 17.2 Å². The summed E-state index contributed by atoms with van der Waals surface area (Å²) < 4.78 is 50.2. The van der Waals surface area contributed by atoms with Gasteiger partial charge in [0.2, 0.25) is 5.82 Å². The molecule has 0 radical (unpaired) electrons. The lowest BCUT2D eigenvalue weighted by molar-refractivity contribution is -0.127. The van der Waals surface area contributed by atoms with Crippen LogP contribution in [0.5, 0.6) is 11.5 Å². The smallest absolute Gasteiger partial charge is 0.264 e. The fraction of sp³-hybridized carbons (Fsp3) is 0.344. The maximum absolute atomic E-state index is 15.5. The van der Waals surface area contributed by atoms with Crippen LogP contribution in [0.25, 0.3) is 22.3 Å². The number of fused-ring (bicyclic) bond motifs is 1. The number of halogens is 3. The number of aromatic nitrogens is 4. The van der Waals surface area contributed by atoms with E-state index in [2.05, 4.69) is 26.5 Å². The molecular formula is C32H33F3N8O2. The van der Waals surface area contributed by atoms with Gasteiger partial charge < -0.3 is 20.7 Å². The first-order valence-electron chi connectivity index (χ1n) is 14.5. The number of benzene rings is 2. The van der Waals surface area contributed by atoms with Gasteiger partial charge in [-0.25, -0.2) is 23.4 Å². The van der Waals surface area contributed by atoms with Crippen molar-refractivity contribution in [2.45, 2.75) is 64.7 Å². The predicted octanol–water partition coefficient (Wildman–Crippen LogP) is 5.50. The molecule has 4 aromatic rings. The van der Waals surface area contributed by atoms with Crippen LogP contribution in [-0.4, -0.2) is 54.7 Å². The largest absolute Gasteiger partial charge is 0.454 e. The molecule has 1 aliphatic rings. The van der Waals surface area contributed by atoms with Gasteiger partial charge in [-0.1, -0.05) is 19.9 Å². The zero-order valence-electron chi connectivity index (χ0n) is 25.3. The number of carbonyl (C=O) groups is 1. The minimum absolute atomic E-state index is 0.0418. The molecule has 3 heterocycles. The van der Waals surface area contributed by atoms with Gasteiger partial charge in [0.05, 0.1) is 18.0 Å². The summed E-state index contributed by atoms with van der Waals surface area (Å²) in [6, 6.07) is 9.18. The highest BCUT2D eigenvalue weighted by atomic mass is 19.2. The maximum atomic E-state index is 15.5. The van der Waals surface area contributed by atoms with Gasteiger partial charge in [-0.2, -0.15) is 14.8 Å². The van der Waals surface area contributed by atoms with Gasteiger partial charge in [0.25, 0.3) is 5.91 Å². The van der Waals surface area contributed by atoms with E-state index < -0.39 is 23.0 Å². The molecule has 3 N–H and O–H groups in total. The van der Waals surface area contributed by atoms with E-state index in [4.69, 9.17) is 10.5 Å². The third kappa shape index (κ3) is 6.61. The van der Waals surface area contributed by atoms with Crippen molar-refractivity contribution in [1.29, 1.82) is 5.26 Å². The Bertz CT molecular complexity index is 1830. The van der Waals surface area contributed by atoms with Gasteiger partial charge in [-0.3, -0.25) is 4.79 Å². The van der Waals surface area contributed by atoms with E-state index in [0.29, 0.717) is 24.0 Å². The Morgan fingerprint density at radius 1 is 1.22 bits per heavy atom. The number of nitrogen functional groups attached to an aromatic ring is 1. The molecule has 1 aliphatic heterocycles. The van der Waals surface area contributed by atoms with Crippen molar-refractivity contribution in [3.8, 4) is 28.8 Å². The van der Waals surface area contributed by atoms with E-state index in [1.807, 2.05) is 27.7 Å². The third-order valence-electron chi connectivity index (χ3n) is 7.44. The van der Waals surface area contributed by atoms with Crippen molar-refractivity contribution >= 4 is 22.8 Å². The second-order valence-corrected chi connectivity index (χ2v) is 11.8. The first-order chi connectivity index (χ1) is 21.4. The van der Waals surface area contributed by atoms with Crippen molar-refractivity contribution in [2.75, 3.05) is 12.3 Å². The zero-order valence-corrected chi connectivity index (χ0v) is 25.3. The number of nitriles is 1.